The van der Waals surface area contributed by atoms with Gasteiger partial charge in [0.15, 0.2) is 0 Å². The van der Waals surface area contributed by atoms with E-state index < -0.39 is 15.8 Å². The molecular weight excluding hydrogens is 435 g/mol. The molecule has 8 heteroatoms. The van der Waals surface area contributed by atoms with Crippen LogP contribution in [0.25, 0.3) is 5.57 Å². The zero-order valence-corrected chi connectivity index (χ0v) is 17.0. The van der Waals surface area contributed by atoms with Crippen LogP contribution in [0.5, 0.6) is 0 Å². The molecule has 0 aromatic heterocycles. The molecule has 5 nitrogen and oxygen atoms in total. The summed E-state index contributed by atoms with van der Waals surface area (Å²) in [7, 11) is -3.58. The highest BCUT2D eigenvalue weighted by Gasteiger charge is 2.20. The van der Waals surface area contributed by atoms with Gasteiger partial charge in [0.25, 0.3) is 5.91 Å². The summed E-state index contributed by atoms with van der Waals surface area (Å²) in [4.78, 5) is 14.3. The van der Waals surface area contributed by atoms with Crippen LogP contribution in [0.2, 0.25) is 0 Å². The van der Waals surface area contributed by atoms with Crippen LogP contribution in [0.3, 0.4) is 0 Å². The van der Waals surface area contributed by atoms with Crippen molar-refractivity contribution in [3.63, 3.8) is 0 Å². The van der Waals surface area contributed by atoms with Gasteiger partial charge in [-0.25, -0.2) is 12.8 Å². The molecule has 1 N–H and O–H groups in total. The molecule has 0 spiro atoms. The number of anilines is 1. The molecule has 0 aliphatic carbocycles. The normalized spacial score (nSPS) is 14.6. The first-order valence-electron chi connectivity index (χ1n) is 8.24. The Balaban J connectivity index is 1.72. The number of sulfonamides is 1. The Kier molecular flexibility index (Phi) is 5.67. The minimum absolute atomic E-state index is 0.176. The first kappa shape index (κ1) is 19.6. The van der Waals surface area contributed by atoms with Gasteiger partial charge in [-0.15, -0.1) is 0 Å². The van der Waals surface area contributed by atoms with E-state index in [9.17, 15) is 17.6 Å². The minimum Gasteiger partial charge on any atom is -0.335 e. The highest BCUT2D eigenvalue weighted by Crippen LogP contribution is 2.25. The van der Waals surface area contributed by atoms with Crippen LogP contribution >= 0.6 is 15.9 Å². The molecule has 142 valence electrons. The predicted octanol–water partition coefficient (Wildman–Crippen LogP) is 3.89. The number of nitrogens with zero attached hydrogens (tertiary/aromatic N) is 1. The molecule has 27 heavy (non-hydrogen) atoms. The van der Waals surface area contributed by atoms with Crippen molar-refractivity contribution < 1.29 is 17.6 Å². The summed E-state index contributed by atoms with van der Waals surface area (Å²) in [6, 6.07) is 11.7. The van der Waals surface area contributed by atoms with Gasteiger partial charge in [0.1, 0.15) is 5.82 Å². The lowest BCUT2D eigenvalue weighted by Crippen LogP contribution is -2.34. The van der Waals surface area contributed by atoms with E-state index in [0.717, 1.165) is 22.4 Å². The quantitative estimate of drug-likeness (QED) is 0.764. The average Bonchev–Trinajstić information content (AvgIpc) is 2.62. The second-order valence-corrected chi connectivity index (χ2v) is 8.97. The van der Waals surface area contributed by atoms with Gasteiger partial charge in [-0.05, 0) is 47.9 Å². The van der Waals surface area contributed by atoms with Crippen molar-refractivity contribution in [3.05, 3.63) is 70.0 Å². The molecule has 2 aromatic carbocycles. The van der Waals surface area contributed by atoms with E-state index in [2.05, 4.69) is 20.7 Å². The zero-order chi connectivity index (χ0) is 19.6. The summed E-state index contributed by atoms with van der Waals surface area (Å²) in [5.74, 6) is -1.07. The van der Waals surface area contributed by atoms with Crippen molar-refractivity contribution in [2.75, 3.05) is 24.1 Å². The third kappa shape index (κ3) is 4.95. The van der Waals surface area contributed by atoms with Crippen LogP contribution in [-0.4, -0.2) is 38.6 Å². The maximum absolute atomic E-state index is 14.1. The molecule has 0 radical (unpaired) electrons. The van der Waals surface area contributed by atoms with Crippen molar-refractivity contribution >= 4 is 43.1 Å². The molecule has 0 unspecified atom stereocenters. The van der Waals surface area contributed by atoms with Gasteiger partial charge in [0.05, 0.1) is 11.9 Å². The Labute approximate surface area is 166 Å². The third-order valence-electron chi connectivity index (χ3n) is 4.22. The van der Waals surface area contributed by atoms with Gasteiger partial charge in [-0.3, -0.25) is 9.52 Å². The van der Waals surface area contributed by atoms with E-state index in [-0.39, 0.29) is 17.2 Å². The van der Waals surface area contributed by atoms with Crippen LogP contribution in [-0.2, 0) is 10.0 Å². The van der Waals surface area contributed by atoms with Crippen molar-refractivity contribution in [1.29, 1.82) is 0 Å². The molecule has 0 atom stereocenters. The Morgan fingerprint density at radius 2 is 1.89 bits per heavy atom. The van der Waals surface area contributed by atoms with E-state index in [4.69, 9.17) is 0 Å². The van der Waals surface area contributed by atoms with Crippen molar-refractivity contribution in [3.8, 4) is 0 Å². The lowest BCUT2D eigenvalue weighted by atomic mass is 9.99. The number of hydrogen-bond acceptors (Lipinski definition) is 3. The van der Waals surface area contributed by atoms with Gasteiger partial charge in [-0.1, -0.05) is 34.1 Å². The molecule has 1 amide bonds. The van der Waals surface area contributed by atoms with Gasteiger partial charge < -0.3 is 4.90 Å². The summed E-state index contributed by atoms with van der Waals surface area (Å²) >= 11 is 3.41. The van der Waals surface area contributed by atoms with Crippen LogP contribution < -0.4 is 4.72 Å². The first-order chi connectivity index (χ1) is 12.7. The minimum atomic E-state index is -3.58. The standard InChI is InChI=1S/C19H18BrFN2O3S/c1-27(25,26)22-18-7-4-15(12-17(18)21)19(24)23-10-8-14(9-11-23)13-2-5-16(20)6-3-13/h2-8,12,22H,9-11H2,1H3. The Morgan fingerprint density at radius 1 is 1.19 bits per heavy atom. The van der Waals surface area contributed by atoms with Crippen molar-refractivity contribution in [2.45, 2.75) is 6.42 Å². The predicted molar refractivity (Wildman–Crippen MR) is 108 cm³/mol. The smallest absolute Gasteiger partial charge is 0.254 e. The monoisotopic (exact) mass is 452 g/mol. The molecule has 0 bridgehead atoms. The average molecular weight is 453 g/mol. The molecule has 1 aliphatic rings. The van der Waals surface area contributed by atoms with E-state index in [1.165, 1.54) is 17.7 Å². The fraction of sp³-hybridized carbons (Fsp3) is 0.211. The highest BCUT2D eigenvalue weighted by molar-refractivity contribution is 9.10. The molecule has 0 saturated heterocycles. The number of halogens is 2. The van der Waals surface area contributed by atoms with Crippen LogP contribution in [0, 0.1) is 5.82 Å². The van der Waals surface area contributed by atoms with Gasteiger partial charge >= 0.3 is 0 Å². The van der Waals surface area contributed by atoms with Crippen LogP contribution in [0.1, 0.15) is 22.3 Å². The van der Waals surface area contributed by atoms with Crippen LogP contribution in [0.15, 0.2) is 53.0 Å². The van der Waals surface area contributed by atoms with Gasteiger partial charge in [-0.2, -0.15) is 0 Å². The number of carbonyl (C=O) groups is 1. The number of carbonyl (C=O) groups excluding carboxylic acids is 1. The lowest BCUT2D eigenvalue weighted by molar-refractivity contribution is 0.0772. The highest BCUT2D eigenvalue weighted by atomic mass is 79.9. The summed E-state index contributed by atoms with van der Waals surface area (Å²) in [6.07, 6.45) is 3.65. The van der Waals surface area contributed by atoms with E-state index >= 15 is 0 Å². The van der Waals surface area contributed by atoms with Crippen molar-refractivity contribution in [1.82, 2.24) is 4.90 Å². The van der Waals surface area contributed by atoms with Gasteiger partial charge in [0, 0.05) is 23.1 Å². The Morgan fingerprint density at radius 3 is 2.44 bits per heavy atom. The molecule has 1 aliphatic heterocycles. The van der Waals surface area contributed by atoms with E-state index in [0.29, 0.717) is 19.5 Å². The maximum atomic E-state index is 14.1. The second-order valence-electron chi connectivity index (χ2n) is 6.31. The fourth-order valence-corrected chi connectivity index (χ4v) is 3.72. The summed E-state index contributed by atoms with van der Waals surface area (Å²) < 4.78 is 39.6. The molecular formula is C19H18BrFN2O3S. The van der Waals surface area contributed by atoms with E-state index in [1.54, 1.807) is 4.90 Å². The van der Waals surface area contributed by atoms with Crippen LogP contribution in [0.4, 0.5) is 10.1 Å². The maximum Gasteiger partial charge on any atom is 0.254 e. The zero-order valence-electron chi connectivity index (χ0n) is 14.6. The number of amides is 1. The molecule has 2 aromatic rings. The number of nitrogens with one attached hydrogen (secondary N) is 1. The number of rotatable bonds is 4. The largest absolute Gasteiger partial charge is 0.335 e. The fourth-order valence-electron chi connectivity index (χ4n) is 2.89. The number of hydrogen-bond donors (Lipinski definition) is 1. The Bertz CT molecular complexity index is 1000. The second kappa shape index (κ2) is 7.82. The third-order valence-corrected chi connectivity index (χ3v) is 5.34. The lowest BCUT2D eigenvalue weighted by Gasteiger charge is -2.27. The SMILES string of the molecule is CS(=O)(=O)Nc1ccc(C(=O)N2CC=C(c3ccc(Br)cc3)CC2)cc1F. The first-order valence-corrected chi connectivity index (χ1v) is 10.9. The van der Waals surface area contributed by atoms with Gasteiger partial charge in [0.2, 0.25) is 10.0 Å². The molecule has 0 fully saturated rings. The molecule has 0 saturated carbocycles. The van der Waals surface area contributed by atoms with E-state index in [1.807, 2.05) is 30.3 Å². The molecule has 1 heterocycles. The summed E-state index contributed by atoms with van der Waals surface area (Å²) in [5.41, 5.74) is 2.30. The summed E-state index contributed by atoms with van der Waals surface area (Å²) in [5, 5.41) is 0. The van der Waals surface area contributed by atoms with Crippen molar-refractivity contribution in [2.24, 2.45) is 0 Å². The summed E-state index contributed by atoms with van der Waals surface area (Å²) in [6.45, 7) is 0.973. The Hall–Kier alpha value is -2.19. The number of benzene rings is 2. The molecule has 3 rings (SSSR count). The topological polar surface area (TPSA) is 66.5 Å².